The summed E-state index contributed by atoms with van der Waals surface area (Å²) < 4.78 is 38.1. The normalized spacial score (nSPS) is 11.1. The van der Waals surface area contributed by atoms with Crippen molar-refractivity contribution in [2.75, 3.05) is 5.32 Å². The number of anilines is 1. The Hall–Kier alpha value is -3.82. The van der Waals surface area contributed by atoms with Crippen LogP contribution in [0.25, 0.3) is 33.5 Å². The zero-order chi connectivity index (χ0) is 23.1. The first-order chi connectivity index (χ1) is 15.9. The zero-order valence-corrected chi connectivity index (χ0v) is 18.1. The Morgan fingerprint density at radius 3 is 2.58 bits per heavy atom. The lowest BCUT2D eigenvalue weighted by atomic mass is 10.2. The minimum absolute atomic E-state index is 0.0340. The molecule has 2 heterocycles. The summed E-state index contributed by atoms with van der Waals surface area (Å²) in [5.41, 5.74) is 2.05. The van der Waals surface area contributed by atoms with E-state index in [1.807, 2.05) is 18.2 Å². The van der Waals surface area contributed by atoms with Gasteiger partial charge in [-0.2, -0.15) is 0 Å². The van der Waals surface area contributed by atoms with E-state index < -0.39 is 17.5 Å². The summed E-state index contributed by atoms with van der Waals surface area (Å²) in [4.78, 5) is 16.7. The minimum Gasteiger partial charge on any atom is -0.451 e. The van der Waals surface area contributed by atoms with Crippen LogP contribution in [0.1, 0.15) is 10.6 Å². The molecular weight excluding hydrogens is 472 g/mol. The lowest BCUT2D eigenvalue weighted by Crippen LogP contribution is -2.33. The van der Waals surface area contributed by atoms with Crippen molar-refractivity contribution in [2.24, 2.45) is 0 Å². The first-order valence-corrected chi connectivity index (χ1v) is 10.3. The number of hydrogen-bond donors (Lipinski definition) is 2. The van der Waals surface area contributed by atoms with E-state index in [1.165, 1.54) is 0 Å². The molecule has 33 heavy (non-hydrogen) atoms. The molecule has 5 rings (SSSR count). The van der Waals surface area contributed by atoms with Gasteiger partial charge in [-0.05, 0) is 54.7 Å². The van der Waals surface area contributed by atoms with E-state index in [1.54, 1.807) is 30.3 Å². The van der Waals surface area contributed by atoms with Crippen LogP contribution in [0.4, 0.5) is 14.5 Å². The van der Waals surface area contributed by atoms with Gasteiger partial charge in [-0.25, -0.2) is 13.8 Å². The Labute approximate surface area is 195 Å². The minimum atomic E-state index is -1.07. The van der Waals surface area contributed by atoms with Gasteiger partial charge in [-0.3, -0.25) is 10.1 Å². The molecule has 10 heteroatoms. The third-order valence-corrected chi connectivity index (χ3v) is 5.28. The van der Waals surface area contributed by atoms with Gasteiger partial charge in [0.15, 0.2) is 28.1 Å². The highest BCUT2D eigenvalue weighted by atomic mass is 35.5. The van der Waals surface area contributed by atoms with E-state index in [0.29, 0.717) is 22.4 Å². The summed E-state index contributed by atoms with van der Waals surface area (Å²) in [6.07, 6.45) is 0. The van der Waals surface area contributed by atoms with Gasteiger partial charge in [0.2, 0.25) is 5.89 Å². The molecule has 0 saturated heterocycles. The number of hydrogen-bond acceptors (Lipinski definition) is 5. The first-order valence-electron chi connectivity index (χ1n) is 9.54. The molecule has 0 aliphatic rings. The number of para-hydroxylation sites is 1. The molecule has 0 fully saturated rings. The third kappa shape index (κ3) is 4.15. The van der Waals surface area contributed by atoms with E-state index >= 15 is 0 Å². The monoisotopic (exact) mass is 483 g/mol. The molecular formula is C23H12ClF2N3O3S. The second-order valence-electron chi connectivity index (χ2n) is 7.00. The molecule has 164 valence electrons. The van der Waals surface area contributed by atoms with Gasteiger partial charge in [0.05, 0.1) is 10.6 Å². The number of nitrogens with one attached hydrogen (secondary N) is 2. The predicted octanol–water partition coefficient (Wildman–Crippen LogP) is 6.30. The lowest BCUT2D eigenvalue weighted by molar-refractivity contribution is 0.0953. The van der Waals surface area contributed by atoms with E-state index in [9.17, 15) is 13.6 Å². The molecule has 0 aliphatic carbocycles. The third-order valence-electron chi connectivity index (χ3n) is 4.76. The zero-order valence-electron chi connectivity index (χ0n) is 16.5. The van der Waals surface area contributed by atoms with Crippen LogP contribution in [0.2, 0.25) is 5.02 Å². The Morgan fingerprint density at radius 1 is 0.970 bits per heavy atom. The number of benzene rings is 3. The number of carbonyl (C=O) groups excluding carboxylic acids is 1. The molecule has 0 aliphatic heterocycles. The maximum Gasteiger partial charge on any atom is 0.293 e. The molecule has 0 saturated carbocycles. The molecule has 6 nitrogen and oxygen atoms in total. The Kier molecular flexibility index (Phi) is 5.27. The van der Waals surface area contributed by atoms with E-state index in [0.717, 1.165) is 17.5 Å². The maximum atomic E-state index is 13.6. The van der Waals surface area contributed by atoms with E-state index in [4.69, 9.17) is 32.7 Å². The standard InChI is InChI=1S/C23H12ClF2N3O3S/c24-14-10-16(26)15(25)9-13(14)22-28-17-8-12(5-6-19(17)32-22)27-23(33)29-21(30)20-7-11-3-1-2-4-18(11)31-20/h1-10H,(H2,27,29,30,33). The number of aromatic nitrogens is 1. The summed E-state index contributed by atoms with van der Waals surface area (Å²) in [6, 6.07) is 15.5. The summed E-state index contributed by atoms with van der Waals surface area (Å²) >= 11 is 11.2. The first kappa shape index (κ1) is 21.0. The highest BCUT2D eigenvalue weighted by Gasteiger charge is 2.17. The van der Waals surface area contributed by atoms with Crippen LogP contribution >= 0.6 is 23.8 Å². The van der Waals surface area contributed by atoms with Crippen molar-refractivity contribution in [3.8, 4) is 11.5 Å². The summed E-state index contributed by atoms with van der Waals surface area (Å²) in [5.74, 6) is -2.47. The van der Waals surface area contributed by atoms with Crippen molar-refractivity contribution in [3.05, 3.63) is 83.1 Å². The highest BCUT2D eigenvalue weighted by Crippen LogP contribution is 2.32. The summed E-state index contributed by atoms with van der Waals surface area (Å²) in [7, 11) is 0. The van der Waals surface area contributed by atoms with Crippen molar-refractivity contribution < 1.29 is 22.4 Å². The number of halogens is 3. The van der Waals surface area contributed by atoms with Gasteiger partial charge in [0, 0.05) is 11.1 Å². The maximum absolute atomic E-state index is 13.6. The van der Waals surface area contributed by atoms with Crippen LogP contribution in [0.5, 0.6) is 0 Å². The fraction of sp³-hybridized carbons (Fsp3) is 0. The van der Waals surface area contributed by atoms with Crippen LogP contribution in [0.3, 0.4) is 0 Å². The molecule has 0 spiro atoms. The molecule has 3 aromatic carbocycles. The largest absolute Gasteiger partial charge is 0.451 e. The molecule has 2 N–H and O–H groups in total. The van der Waals surface area contributed by atoms with Crippen LogP contribution in [0.15, 0.2) is 69.5 Å². The van der Waals surface area contributed by atoms with Gasteiger partial charge in [-0.15, -0.1) is 0 Å². The van der Waals surface area contributed by atoms with Crippen LogP contribution < -0.4 is 10.6 Å². The summed E-state index contributed by atoms with van der Waals surface area (Å²) in [5, 5.41) is 6.25. The van der Waals surface area contributed by atoms with Gasteiger partial charge < -0.3 is 14.2 Å². The SMILES string of the molecule is O=C(NC(=S)Nc1ccc2oc(-c3cc(F)c(F)cc3Cl)nc2c1)c1cc2ccccc2o1. The molecule has 0 unspecified atom stereocenters. The average Bonchev–Trinajstić information content (AvgIpc) is 3.40. The number of fused-ring (bicyclic) bond motifs is 2. The fourth-order valence-electron chi connectivity index (χ4n) is 3.23. The second-order valence-corrected chi connectivity index (χ2v) is 7.82. The molecule has 5 aromatic rings. The summed E-state index contributed by atoms with van der Waals surface area (Å²) in [6.45, 7) is 0. The lowest BCUT2D eigenvalue weighted by Gasteiger charge is -2.08. The highest BCUT2D eigenvalue weighted by molar-refractivity contribution is 7.80. The number of amides is 1. The molecule has 0 radical (unpaired) electrons. The fourth-order valence-corrected chi connectivity index (χ4v) is 3.67. The Bertz CT molecular complexity index is 1530. The topological polar surface area (TPSA) is 80.3 Å². The van der Waals surface area contributed by atoms with Gasteiger partial charge in [-0.1, -0.05) is 29.8 Å². The average molecular weight is 484 g/mol. The van der Waals surface area contributed by atoms with Crippen LogP contribution in [0, 0.1) is 11.6 Å². The van der Waals surface area contributed by atoms with E-state index in [-0.39, 0.29) is 27.3 Å². The number of thiocarbonyl (C=S) groups is 1. The Balaban J connectivity index is 1.33. The van der Waals surface area contributed by atoms with Crippen molar-refractivity contribution in [1.29, 1.82) is 0 Å². The van der Waals surface area contributed by atoms with Crippen molar-refractivity contribution in [2.45, 2.75) is 0 Å². The second kappa shape index (κ2) is 8.27. The number of carbonyl (C=O) groups is 1. The Morgan fingerprint density at radius 2 is 1.76 bits per heavy atom. The van der Waals surface area contributed by atoms with E-state index in [2.05, 4.69) is 15.6 Å². The number of rotatable bonds is 3. The van der Waals surface area contributed by atoms with Crippen LogP contribution in [-0.4, -0.2) is 16.0 Å². The number of furan rings is 1. The van der Waals surface area contributed by atoms with Crippen molar-refractivity contribution >= 4 is 62.6 Å². The predicted molar refractivity (Wildman–Crippen MR) is 124 cm³/mol. The van der Waals surface area contributed by atoms with Gasteiger partial charge >= 0.3 is 0 Å². The van der Waals surface area contributed by atoms with Crippen molar-refractivity contribution in [3.63, 3.8) is 0 Å². The van der Waals surface area contributed by atoms with Gasteiger partial charge in [0.1, 0.15) is 11.1 Å². The van der Waals surface area contributed by atoms with Crippen LogP contribution in [-0.2, 0) is 0 Å². The molecule has 0 atom stereocenters. The quantitative estimate of drug-likeness (QED) is 0.231. The molecule has 2 aromatic heterocycles. The van der Waals surface area contributed by atoms with Gasteiger partial charge in [0.25, 0.3) is 5.91 Å². The number of oxazole rings is 1. The smallest absolute Gasteiger partial charge is 0.293 e. The van der Waals surface area contributed by atoms with Crippen molar-refractivity contribution in [1.82, 2.24) is 10.3 Å². The molecule has 0 bridgehead atoms. The number of nitrogens with zero attached hydrogens (tertiary/aromatic N) is 1. The molecule has 1 amide bonds.